The van der Waals surface area contributed by atoms with E-state index in [4.69, 9.17) is 4.74 Å². The second kappa shape index (κ2) is 10.1. The first kappa shape index (κ1) is 20.9. The quantitative estimate of drug-likeness (QED) is 0.679. The number of hydrogen-bond donors (Lipinski definition) is 2. The summed E-state index contributed by atoms with van der Waals surface area (Å²) in [6, 6.07) is 1.36. The van der Waals surface area contributed by atoms with Gasteiger partial charge in [0.25, 0.3) is 0 Å². The van der Waals surface area contributed by atoms with E-state index < -0.39 is 0 Å². The molecule has 2 saturated carbocycles. The van der Waals surface area contributed by atoms with Crippen LogP contribution >= 0.6 is 0 Å². The SMILES string of the molecule is O=C(NCCN(C1CCOCC1)C1CCN(C(=O)C2CC2)CC1)NC1CCCC1. The number of carbonyl (C=O) groups is 2. The van der Waals surface area contributed by atoms with E-state index in [0.717, 1.165) is 84.2 Å². The third-order valence-corrected chi connectivity index (χ3v) is 7.18. The minimum atomic E-state index is -0.0197. The Morgan fingerprint density at radius 3 is 2.21 bits per heavy atom. The van der Waals surface area contributed by atoms with Gasteiger partial charge in [0.1, 0.15) is 0 Å². The van der Waals surface area contributed by atoms with Gasteiger partial charge in [-0.1, -0.05) is 12.8 Å². The number of urea groups is 1. The lowest BCUT2D eigenvalue weighted by Crippen LogP contribution is -2.54. The Kier molecular flexibility index (Phi) is 7.29. The number of ether oxygens (including phenoxy) is 1. The highest BCUT2D eigenvalue weighted by molar-refractivity contribution is 5.81. The molecule has 164 valence electrons. The fourth-order valence-electron chi connectivity index (χ4n) is 5.29. The average molecular weight is 407 g/mol. The molecule has 2 N–H and O–H groups in total. The summed E-state index contributed by atoms with van der Waals surface area (Å²) >= 11 is 0. The van der Waals surface area contributed by atoms with Crippen LogP contribution in [0.4, 0.5) is 4.79 Å². The average Bonchev–Trinajstić information content (AvgIpc) is 3.49. The molecular formula is C22H38N4O3. The maximum absolute atomic E-state index is 12.4. The molecule has 0 aromatic rings. The third kappa shape index (κ3) is 5.85. The van der Waals surface area contributed by atoms with Gasteiger partial charge in [-0.3, -0.25) is 9.69 Å². The van der Waals surface area contributed by atoms with Crippen molar-refractivity contribution in [1.82, 2.24) is 20.4 Å². The van der Waals surface area contributed by atoms with Crippen molar-refractivity contribution in [3.05, 3.63) is 0 Å². The van der Waals surface area contributed by atoms with Gasteiger partial charge in [-0.25, -0.2) is 4.79 Å². The van der Waals surface area contributed by atoms with Crippen LogP contribution in [0.15, 0.2) is 0 Å². The van der Waals surface area contributed by atoms with E-state index in [2.05, 4.69) is 20.4 Å². The smallest absolute Gasteiger partial charge is 0.315 e. The predicted molar refractivity (Wildman–Crippen MR) is 112 cm³/mol. The van der Waals surface area contributed by atoms with Crippen LogP contribution in [-0.2, 0) is 9.53 Å². The molecule has 3 amide bonds. The number of piperidine rings is 1. The van der Waals surface area contributed by atoms with Gasteiger partial charge in [-0.15, -0.1) is 0 Å². The Balaban J connectivity index is 1.25. The second-order valence-electron chi connectivity index (χ2n) is 9.29. The molecule has 0 aromatic carbocycles. The summed E-state index contributed by atoms with van der Waals surface area (Å²) in [7, 11) is 0. The van der Waals surface area contributed by atoms with Crippen molar-refractivity contribution in [2.24, 2.45) is 5.92 Å². The minimum absolute atomic E-state index is 0.0197. The molecule has 2 aliphatic carbocycles. The molecule has 2 heterocycles. The highest BCUT2D eigenvalue weighted by atomic mass is 16.5. The van der Waals surface area contributed by atoms with Crippen molar-refractivity contribution < 1.29 is 14.3 Å². The first-order chi connectivity index (χ1) is 14.2. The van der Waals surface area contributed by atoms with E-state index in [1.807, 2.05) is 0 Å². The van der Waals surface area contributed by atoms with Crippen LogP contribution in [0.25, 0.3) is 0 Å². The monoisotopic (exact) mass is 406 g/mol. The summed E-state index contributed by atoms with van der Waals surface area (Å²) in [6.07, 6.45) is 11.1. The highest BCUT2D eigenvalue weighted by Crippen LogP contribution is 2.32. The topological polar surface area (TPSA) is 73.9 Å². The molecule has 4 rings (SSSR count). The Hall–Kier alpha value is -1.34. The molecule has 0 atom stereocenters. The van der Waals surface area contributed by atoms with Gasteiger partial charge in [-0.2, -0.15) is 0 Å². The molecule has 29 heavy (non-hydrogen) atoms. The van der Waals surface area contributed by atoms with E-state index in [1.165, 1.54) is 12.8 Å². The predicted octanol–water partition coefficient (Wildman–Crippen LogP) is 2.11. The molecule has 0 aromatic heterocycles. The van der Waals surface area contributed by atoms with E-state index in [1.54, 1.807) is 0 Å². The van der Waals surface area contributed by atoms with Crippen LogP contribution in [0.1, 0.15) is 64.2 Å². The number of nitrogens with one attached hydrogen (secondary N) is 2. The zero-order valence-electron chi connectivity index (χ0n) is 17.7. The van der Waals surface area contributed by atoms with Gasteiger partial charge in [0.15, 0.2) is 0 Å². The number of nitrogens with zero attached hydrogens (tertiary/aromatic N) is 2. The molecule has 7 nitrogen and oxygen atoms in total. The Labute approximate surface area is 174 Å². The summed E-state index contributed by atoms with van der Waals surface area (Å²) in [5.41, 5.74) is 0. The number of amides is 3. The van der Waals surface area contributed by atoms with Crippen molar-refractivity contribution in [3.8, 4) is 0 Å². The van der Waals surface area contributed by atoms with Crippen LogP contribution in [0, 0.1) is 5.92 Å². The second-order valence-corrected chi connectivity index (χ2v) is 9.29. The first-order valence-electron chi connectivity index (χ1n) is 11.9. The van der Waals surface area contributed by atoms with Crippen molar-refractivity contribution in [2.45, 2.75) is 82.3 Å². The van der Waals surface area contributed by atoms with Crippen LogP contribution in [0.5, 0.6) is 0 Å². The fourth-order valence-corrected chi connectivity index (χ4v) is 5.29. The molecule has 0 bridgehead atoms. The summed E-state index contributed by atoms with van der Waals surface area (Å²) in [6.45, 7) is 4.98. The van der Waals surface area contributed by atoms with Crippen molar-refractivity contribution in [3.63, 3.8) is 0 Å². The van der Waals surface area contributed by atoms with Crippen LogP contribution in [0.3, 0.4) is 0 Å². The van der Waals surface area contributed by atoms with E-state index >= 15 is 0 Å². The molecule has 0 radical (unpaired) electrons. The Morgan fingerprint density at radius 2 is 1.55 bits per heavy atom. The van der Waals surface area contributed by atoms with Gasteiger partial charge in [0, 0.05) is 63.4 Å². The van der Waals surface area contributed by atoms with Gasteiger partial charge >= 0.3 is 6.03 Å². The van der Waals surface area contributed by atoms with Crippen LogP contribution in [-0.4, -0.2) is 79.3 Å². The standard InChI is InChI=1S/C22H38N4O3/c27-21(17-5-6-17)25-12-7-19(8-13-25)26(20-9-15-29-16-10-20)14-11-23-22(28)24-18-3-1-2-4-18/h17-20H,1-16H2,(H2,23,24,28). The Bertz CT molecular complexity index is 548. The van der Waals surface area contributed by atoms with Gasteiger partial charge < -0.3 is 20.3 Å². The molecule has 2 saturated heterocycles. The van der Waals surface area contributed by atoms with Crippen molar-refractivity contribution in [1.29, 1.82) is 0 Å². The molecule has 4 fully saturated rings. The summed E-state index contributed by atoms with van der Waals surface area (Å²) in [4.78, 5) is 29.3. The first-order valence-corrected chi connectivity index (χ1v) is 11.9. The lowest BCUT2D eigenvalue weighted by atomic mass is 9.97. The lowest BCUT2D eigenvalue weighted by molar-refractivity contribution is -0.134. The summed E-state index contributed by atoms with van der Waals surface area (Å²) in [5.74, 6) is 0.701. The van der Waals surface area contributed by atoms with E-state index in [9.17, 15) is 9.59 Å². The van der Waals surface area contributed by atoms with E-state index in [-0.39, 0.29) is 6.03 Å². The lowest BCUT2D eigenvalue weighted by Gasteiger charge is -2.43. The number of hydrogen-bond acceptors (Lipinski definition) is 4. The zero-order chi connectivity index (χ0) is 20.1. The Morgan fingerprint density at radius 1 is 0.897 bits per heavy atom. The largest absolute Gasteiger partial charge is 0.381 e. The molecule has 0 spiro atoms. The molecule has 7 heteroatoms. The maximum Gasteiger partial charge on any atom is 0.315 e. The summed E-state index contributed by atoms with van der Waals surface area (Å²) in [5, 5.41) is 6.19. The van der Waals surface area contributed by atoms with Crippen molar-refractivity contribution >= 4 is 11.9 Å². The minimum Gasteiger partial charge on any atom is -0.381 e. The summed E-state index contributed by atoms with van der Waals surface area (Å²) < 4.78 is 5.58. The van der Waals surface area contributed by atoms with Gasteiger partial charge in [-0.05, 0) is 51.4 Å². The third-order valence-electron chi connectivity index (χ3n) is 7.18. The zero-order valence-corrected chi connectivity index (χ0v) is 17.7. The van der Waals surface area contributed by atoms with E-state index in [0.29, 0.717) is 36.5 Å². The maximum atomic E-state index is 12.4. The fraction of sp³-hybridized carbons (Fsp3) is 0.909. The molecular weight excluding hydrogens is 368 g/mol. The van der Waals surface area contributed by atoms with Crippen molar-refractivity contribution in [2.75, 3.05) is 39.4 Å². The van der Waals surface area contributed by atoms with Gasteiger partial charge in [0.2, 0.25) is 5.91 Å². The molecule has 4 aliphatic rings. The molecule has 2 aliphatic heterocycles. The normalized spacial score (nSPS) is 24.8. The number of rotatable bonds is 7. The number of likely N-dealkylation sites (tertiary alicyclic amines) is 1. The van der Waals surface area contributed by atoms with Crippen LogP contribution < -0.4 is 10.6 Å². The van der Waals surface area contributed by atoms with Gasteiger partial charge in [0.05, 0.1) is 0 Å². The molecule has 0 unspecified atom stereocenters. The number of carbonyl (C=O) groups excluding carboxylic acids is 2. The highest BCUT2D eigenvalue weighted by Gasteiger charge is 2.37. The van der Waals surface area contributed by atoms with Crippen LogP contribution in [0.2, 0.25) is 0 Å².